The fourth-order valence-corrected chi connectivity index (χ4v) is 1.91. The molecule has 1 heterocycles. The summed E-state index contributed by atoms with van der Waals surface area (Å²) in [6.07, 6.45) is 4.29. The Morgan fingerprint density at radius 2 is 2.32 bits per heavy atom. The van der Waals surface area contributed by atoms with Gasteiger partial charge in [-0.1, -0.05) is 0 Å². The molecule has 0 spiro atoms. The molecule has 5 heteroatoms. The van der Waals surface area contributed by atoms with Crippen LogP contribution in [0.15, 0.2) is 18.3 Å². The predicted octanol–water partition coefficient (Wildman–Crippen LogP) is 1.93. The largest absolute Gasteiger partial charge is 0.473 e. The lowest BCUT2D eigenvalue weighted by Gasteiger charge is -2.14. The summed E-state index contributed by atoms with van der Waals surface area (Å²) in [6.45, 7) is 3.84. The minimum absolute atomic E-state index is 0.0132. The van der Waals surface area contributed by atoms with Crippen molar-refractivity contribution in [2.24, 2.45) is 11.7 Å². The minimum atomic E-state index is -0.0824. The van der Waals surface area contributed by atoms with Gasteiger partial charge in [-0.05, 0) is 44.7 Å². The highest BCUT2D eigenvalue weighted by atomic mass is 16.5. The van der Waals surface area contributed by atoms with Crippen molar-refractivity contribution in [3.63, 3.8) is 0 Å². The first-order valence-corrected chi connectivity index (χ1v) is 6.73. The Bertz CT molecular complexity index is 444. The van der Waals surface area contributed by atoms with Crippen molar-refractivity contribution in [2.75, 3.05) is 5.32 Å². The van der Waals surface area contributed by atoms with Gasteiger partial charge in [-0.3, -0.25) is 4.79 Å². The smallest absolute Gasteiger partial charge is 0.238 e. The van der Waals surface area contributed by atoms with Crippen LogP contribution in [0.2, 0.25) is 0 Å². The second kappa shape index (κ2) is 6.02. The second-order valence-corrected chi connectivity index (χ2v) is 5.28. The Hall–Kier alpha value is -1.62. The third-order valence-corrected chi connectivity index (χ3v) is 3.04. The minimum Gasteiger partial charge on any atom is -0.473 e. The normalized spacial score (nSPS) is 16.2. The SMILES string of the molecule is CC(C)Oc1ncccc1NC(=O)CC(N)C1CC1. The van der Waals surface area contributed by atoms with Gasteiger partial charge in [-0.15, -0.1) is 0 Å². The molecule has 1 aliphatic carbocycles. The summed E-state index contributed by atoms with van der Waals surface area (Å²) in [5, 5.41) is 2.82. The van der Waals surface area contributed by atoms with E-state index in [0.717, 1.165) is 12.8 Å². The number of carbonyl (C=O) groups is 1. The van der Waals surface area contributed by atoms with Crippen molar-refractivity contribution >= 4 is 11.6 Å². The van der Waals surface area contributed by atoms with Crippen molar-refractivity contribution in [1.82, 2.24) is 4.98 Å². The molecule has 0 saturated heterocycles. The van der Waals surface area contributed by atoms with Crippen molar-refractivity contribution in [3.8, 4) is 5.88 Å². The summed E-state index contributed by atoms with van der Waals surface area (Å²) >= 11 is 0. The number of hydrogen-bond donors (Lipinski definition) is 2. The molecule has 5 nitrogen and oxygen atoms in total. The number of nitrogens with zero attached hydrogens (tertiary/aromatic N) is 1. The maximum Gasteiger partial charge on any atom is 0.238 e. The predicted molar refractivity (Wildman–Crippen MR) is 73.9 cm³/mol. The van der Waals surface area contributed by atoms with Crippen LogP contribution in [0.1, 0.15) is 33.1 Å². The fourth-order valence-electron chi connectivity index (χ4n) is 1.91. The first-order chi connectivity index (χ1) is 9.06. The van der Waals surface area contributed by atoms with Crippen LogP contribution in [0.4, 0.5) is 5.69 Å². The number of ether oxygens (including phenoxy) is 1. The zero-order valence-corrected chi connectivity index (χ0v) is 11.4. The monoisotopic (exact) mass is 263 g/mol. The molecule has 1 aromatic heterocycles. The molecular weight excluding hydrogens is 242 g/mol. The molecule has 1 unspecified atom stereocenters. The zero-order chi connectivity index (χ0) is 13.8. The Morgan fingerprint density at radius 1 is 1.58 bits per heavy atom. The maximum absolute atomic E-state index is 11.9. The van der Waals surface area contributed by atoms with Crippen LogP contribution in [0.5, 0.6) is 5.88 Å². The topological polar surface area (TPSA) is 77.2 Å². The summed E-state index contributed by atoms with van der Waals surface area (Å²) in [4.78, 5) is 16.0. The number of pyridine rings is 1. The number of carbonyl (C=O) groups excluding carboxylic acids is 1. The molecule has 0 bridgehead atoms. The Morgan fingerprint density at radius 3 is 2.95 bits per heavy atom. The average Bonchev–Trinajstić information content (AvgIpc) is 3.14. The lowest BCUT2D eigenvalue weighted by Crippen LogP contribution is -2.29. The van der Waals surface area contributed by atoms with E-state index in [1.165, 1.54) is 0 Å². The van der Waals surface area contributed by atoms with E-state index in [1.54, 1.807) is 18.3 Å². The first-order valence-electron chi connectivity index (χ1n) is 6.73. The molecule has 1 fully saturated rings. The number of amides is 1. The number of nitrogens with two attached hydrogens (primary N) is 1. The van der Waals surface area contributed by atoms with E-state index in [4.69, 9.17) is 10.5 Å². The molecule has 0 aliphatic heterocycles. The third-order valence-electron chi connectivity index (χ3n) is 3.04. The summed E-state index contributed by atoms with van der Waals surface area (Å²) in [7, 11) is 0. The van der Waals surface area contributed by atoms with Gasteiger partial charge in [-0.2, -0.15) is 0 Å². The number of hydrogen-bond acceptors (Lipinski definition) is 4. The molecule has 2 rings (SSSR count). The van der Waals surface area contributed by atoms with Crippen molar-refractivity contribution < 1.29 is 9.53 Å². The number of rotatable bonds is 6. The van der Waals surface area contributed by atoms with Crippen LogP contribution in [0.25, 0.3) is 0 Å². The summed E-state index contributed by atoms with van der Waals surface area (Å²) < 4.78 is 5.55. The summed E-state index contributed by atoms with van der Waals surface area (Å²) in [5.41, 5.74) is 6.55. The van der Waals surface area contributed by atoms with Gasteiger partial charge in [0.2, 0.25) is 11.8 Å². The Labute approximate surface area is 113 Å². The molecule has 0 radical (unpaired) electrons. The lowest BCUT2D eigenvalue weighted by molar-refractivity contribution is -0.116. The second-order valence-electron chi connectivity index (χ2n) is 5.28. The highest BCUT2D eigenvalue weighted by Crippen LogP contribution is 2.33. The van der Waals surface area contributed by atoms with Gasteiger partial charge in [0.1, 0.15) is 5.69 Å². The van der Waals surface area contributed by atoms with E-state index in [0.29, 0.717) is 23.9 Å². The maximum atomic E-state index is 11.9. The van der Waals surface area contributed by atoms with Gasteiger partial charge >= 0.3 is 0 Å². The summed E-state index contributed by atoms with van der Waals surface area (Å²) in [5.74, 6) is 0.887. The number of nitrogens with one attached hydrogen (secondary N) is 1. The van der Waals surface area contributed by atoms with Crippen LogP contribution in [0.3, 0.4) is 0 Å². The summed E-state index contributed by atoms with van der Waals surface area (Å²) in [6, 6.07) is 3.51. The van der Waals surface area contributed by atoms with Gasteiger partial charge in [-0.25, -0.2) is 4.98 Å². The Balaban J connectivity index is 1.95. The van der Waals surface area contributed by atoms with Gasteiger partial charge < -0.3 is 15.8 Å². The molecule has 1 aromatic rings. The van der Waals surface area contributed by atoms with Crippen LogP contribution in [-0.2, 0) is 4.79 Å². The number of anilines is 1. The van der Waals surface area contributed by atoms with Crippen molar-refractivity contribution in [2.45, 2.75) is 45.3 Å². The molecule has 1 saturated carbocycles. The van der Waals surface area contributed by atoms with Crippen molar-refractivity contribution in [3.05, 3.63) is 18.3 Å². The van der Waals surface area contributed by atoms with E-state index < -0.39 is 0 Å². The Kier molecular flexibility index (Phi) is 4.37. The molecule has 1 amide bonds. The molecule has 1 atom stereocenters. The van der Waals surface area contributed by atoms with Gasteiger partial charge in [0.15, 0.2) is 0 Å². The fraction of sp³-hybridized carbons (Fsp3) is 0.571. The van der Waals surface area contributed by atoms with E-state index in [1.807, 2.05) is 13.8 Å². The van der Waals surface area contributed by atoms with Crippen LogP contribution >= 0.6 is 0 Å². The third kappa shape index (κ3) is 4.21. The molecule has 3 N–H and O–H groups in total. The highest BCUT2D eigenvalue weighted by molar-refractivity contribution is 5.92. The highest BCUT2D eigenvalue weighted by Gasteiger charge is 2.29. The zero-order valence-electron chi connectivity index (χ0n) is 11.4. The number of aromatic nitrogens is 1. The van der Waals surface area contributed by atoms with E-state index in [-0.39, 0.29) is 18.1 Å². The van der Waals surface area contributed by atoms with Crippen LogP contribution in [0, 0.1) is 5.92 Å². The molecular formula is C14H21N3O2. The van der Waals surface area contributed by atoms with Crippen LogP contribution < -0.4 is 15.8 Å². The molecule has 104 valence electrons. The molecule has 0 aromatic carbocycles. The molecule has 19 heavy (non-hydrogen) atoms. The van der Waals surface area contributed by atoms with Crippen molar-refractivity contribution in [1.29, 1.82) is 0 Å². The van der Waals surface area contributed by atoms with E-state index in [9.17, 15) is 4.79 Å². The van der Waals surface area contributed by atoms with E-state index in [2.05, 4.69) is 10.3 Å². The van der Waals surface area contributed by atoms with Gasteiger partial charge in [0.25, 0.3) is 0 Å². The molecule has 1 aliphatic rings. The standard InChI is InChI=1S/C14H21N3O2/c1-9(2)19-14-12(4-3-7-16-14)17-13(18)8-11(15)10-5-6-10/h3-4,7,9-11H,5-6,8,15H2,1-2H3,(H,17,18). The quantitative estimate of drug-likeness (QED) is 0.822. The van der Waals surface area contributed by atoms with Gasteiger partial charge in [0.05, 0.1) is 6.10 Å². The first kappa shape index (κ1) is 13.8. The van der Waals surface area contributed by atoms with Gasteiger partial charge in [0, 0.05) is 18.7 Å². The average molecular weight is 263 g/mol. The van der Waals surface area contributed by atoms with E-state index >= 15 is 0 Å². The lowest BCUT2D eigenvalue weighted by atomic mass is 10.1. The van der Waals surface area contributed by atoms with Crippen LogP contribution in [-0.4, -0.2) is 23.0 Å².